The van der Waals surface area contributed by atoms with Gasteiger partial charge in [0.1, 0.15) is 24.4 Å². The van der Waals surface area contributed by atoms with Gasteiger partial charge in [0.05, 0.1) is 6.61 Å². The molecule has 114 valence electrons. The van der Waals surface area contributed by atoms with Crippen LogP contribution in [0.25, 0.3) is 0 Å². The van der Waals surface area contributed by atoms with Crippen LogP contribution >= 0.6 is 0 Å². The highest BCUT2D eigenvalue weighted by Gasteiger charge is 2.33. The van der Waals surface area contributed by atoms with Crippen LogP contribution in [0.5, 0.6) is 0 Å². The molecule has 0 unspecified atom stereocenters. The molecule has 0 radical (unpaired) electrons. The first-order valence-corrected chi connectivity index (χ1v) is 6.81. The van der Waals surface area contributed by atoms with Gasteiger partial charge in [-0.2, -0.15) is 0 Å². The molecule has 0 fully saturated rings. The molecular weight excluding hydrogens is 252 g/mol. The van der Waals surface area contributed by atoms with Crippen molar-refractivity contribution in [1.82, 2.24) is 0 Å². The summed E-state index contributed by atoms with van der Waals surface area (Å²) in [5.74, 6) is -0.562. The smallest absolute Gasteiger partial charge is 0.164 e. The third-order valence-electron chi connectivity index (χ3n) is 3.11. The summed E-state index contributed by atoms with van der Waals surface area (Å²) in [5.41, 5.74) is 0. The molecule has 0 aliphatic carbocycles. The molecule has 0 bridgehead atoms. The van der Waals surface area contributed by atoms with Crippen molar-refractivity contribution in [2.45, 2.75) is 69.9 Å². The highest BCUT2D eigenvalue weighted by atomic mass is 16.4. The summed E-state index contributed by atoms with van der Waals surface area (Å²) in [6.45, 7) is 1.33. The Bertz CT molecular complexity index is 245. The van der Waals surface area contributed by atoms with E-state index < -0.39 is 36.8 Å². The zero-order valence-electron chi connectivity index (χ0n) is 11.4. The Labute approximate surface area is 113 Å². The van der Waals surface area contributed by atoms with E-state index in [-0.39, 0.29) is 6.42 Å². The van der Waals surface area contributed by atoms with E-state index >= 15 is 0 Å². The van der Waals surface area contributed by atoms with Gasteiger partial charge >= 0.3 is 0 Å². The largest absolute Gasteiger partial charge is 0.394 e. The third-order valence-corrected chi connectivity index (χ3v) is 3.11. The van der Waals surface area contributed by atoms with Gasteiger partial charge in [0.2, 0.25) is 0 Å². The van der Waals surface area contributed by atoms with Crippen molar-refractivity contribution >= 4 is 5.78 Å². The quantitative estimate of drug-likeness (QED) is 0.321. The van der Waals surface area contributed by atoms with E-state index in [0.29, 0.717) is 6.42 Å². The number of ketones is 1. The van der Waals surface area contributed by atoms with Gasteiger partial charge in [0, 0.05) is 6.42 Å². The first kappa shape index (κ1) is 18.5. The SMILES string of the molecule is CCCCCCCC(=O)[C@@H](O)[C@@H](O)[C@H](O)[C@H](O)CO. The molecule has 5 N–H and O–H groups in total. The molecule has 0 aliphatic rings. The van der Waals surface area contributed by atoms with E-state index in [1.165, 1.54) is 0 Å². The van der Waals surface area contributed by atoms with Crippen molar-refractivity contribution in [3.63, 3.8) is 0 Å². The molecule has 0 spiro atoms. The highest BCUT2D eigenvalue weighted by molar-refractivity contribution is 5.83. The fourth-order valence-corrected chi connectivity index (χ4v) is 1.76. The van der Waals surface area contributed by atoms with Gasteiger partial charge in [0.15, 0.2) is 5.78 Å². The van der Waals surface area contributed by atoms with Crippen LogP contribution in [-0.2, 0) is 4.79 Å². The predicted molar refractivity (Wildman–Crippen MR) is 69.5 cm³/mol. The Morgan fingerprint density at radius 2 is 1.53 bits per heavy atom. The van der Waals surface area contributed by atoms with Crippen LogP contribution in [0.1, 0.15) is 45.4 Å². The maximum atomic E-state index is 11.6. The number of rotatable bonds is 11. The van der Waals surface area contributed by atoms with Crippen molar-refractivity contribution in [3.8, 4) is 0 Å². The second-order valence-electron chi connectivity index (χ2n) is 4.81. The number of carbonyl (C=O) groups excluding carboxylic acids is 1. The average Bonchev–Trinajstić information content (AvgIpc) is 2.43. The maximum Gasteiger partial charge on any atom is 0.164 e. The molecule has 19 heavy (non-hydrogen) atoms. The summed E-state index contributed by atoms with van der Waals surface area (Å²) in [5, 5.41) is 46.2. The zero-order chi connectivity index (χ0) is 14.8. The Balaban J connectivity index is 4.03. The van der Waals surface area contributed by atoms with Crippen molar-refractivity contribution < 1.29 is 30.3 Å². The normalized spacial score (nSPS) is 17.8. The van der Waals surface area contributed by atoms with Gasteiger partial charge < -0.3 is 25.5 Å². The van der Waals surface area contributed by atoms with E-state index in [1.54, 1.807) is 0 Å². The van der Waals surface area contributed by atoms with Crippen LogP contribution in [0.2, 0.25) is 0 Å². The van der Waals surface area contributed by atoms with Crippen molar-refractivity contribution in [1.29, 1.82) is 0 Å². The minimum Gasteiger partial charge on any atom is -0.394 e. The van der Waals surface area contributed by atoms with Crippen molar-refractivity contribution in [3.05, 3.63) is 0 Å². The molecule has 0 rings (SSSR count). The molecule has 0 saturated carbocycles. The Kier molecular flexibility index (Phi) is 9.99. The van der Waals surface area contributed by atoms with Crippen LogP contribution in [0.4, 0.5) is 0 Å². The van der Waals surface area contributed by atoms with Crippen LogP contribution in [0.3, 0.4) is 0 Å². The minimum absolute atomic E-state index is 0.129. The predicted octanol–water partition coefficient (Wildman–Crippen LogP) is -0.648. The number of hydrogen-bond donors (Lipinski definition) is 5. The van der Waals surface area contributed by atoms with E-state index in [9.17, 15) is 20.1 Å². The first-order chi connectivity index (χ1) is 8.95. The lowest BCUT2D eigenvalue weighted by atomic mass is 9.97. The van der Waals surface area contributed by atoms with Crippen LogP contribution in [0.15, 0.2) is 0 Å². The third kappa shape index (κ3) is 6.98. The zero-order valence-corrected chi connectivity index (χ0v) is 11.4. The molecule has 0 aliphatic heterocycles. The summed E-state index contributed by atoms with van der Waals surface area (Å²) in [4.78, 5) is 11.6. The molecule has 0 aromatic carbocycles. The molecule has 6 heteroatoms. The Hall–Kier alpha value is -0.530. The molecule has 0 saturated heterocycles. The van der Waals surface area contributed by atoms with E-state index in [1.807, 2.05) is 0 Å². The molecule has 0 aromatic rings. The summed E-state index contributed by atoms with van der Waals surface area (Å²) in [6, 6.07) is 0. The number of Topliss-reactive ketones (excluding diaryl/α,β-unsaturated/α-hetero) is 1. The number of hydrogen-bond acceptors (Lipinski definition) is 6. The lowest BCUT2D eigenvalue weighted by molar-refractivity contribution is -0.147. The van der Waals surface area contributed by atoms with Crippen molar-refractivity contribution in [2.75, 3.05) is 6.61 Å². The fraction of sp³-hybridized carbons (Fsp3) is 0.923. The van der Waals surface area contributed by atoms with Gasteiger partial charge in [-0.3, -0.25) is 4.79 Å². The molecule has 6 nitrogen and oxygen atoms in total. The number of carbonyl (C=O) groups is 1. The van der Waals surface area contributed by atoms with Gasteiger partial charge in [-0.15, -0.1) is 0 Å². The standard InChI is InChI=1S/C13H26O6/c1-2-3-4-5-6-7-9(15)11(17)13(19)12(18)10(16)8-14/h10-14,16-19H,2-8H2,1H3/t10-,11-,12-,13-/m1/s1. The number of aliphatic hydroxyl groups excluding tert-OH is 5. The summed E-state index contributed by atoms with van der Waals surface area (Å²) in [6.07, 6.45) is -2.00. The number of unbranched alkanes of at least 4 members (excludes halogenated alkanes) is 4. The second-order valence-corrected chi connectivity index (χ2v) is 4.81. The summed E-state index contributed by atoms with van der Waals surface area (Å²) in [7, 11) is 0. The summed E-state index contributed by atoms with van der Waals surface area (Å²) >= 11 is 0. The van der Waals surface area contributed by atoms with E-state index in [2.05, 4.69) is 6.92 Å². The van der Waals surface area contributed by atoms with Crippen molar-refractivity contribution in [2.24, 2.45) is 0 Å². The first-order valence-electron chi connectivity index (χ1n) is 6.81. The average molecular weight is 278 g/mol. The van der Waals surface area contributed by atoms with E-state index in [0.717, 1.165) is 25.7 Å². The minimum atomic E-state index is -1.79. The maximum absolute atomic E-state index is 11.6. The lowest BCUT2D eigenvalue weighted by Gasteiger charge is -2.24. The van der Waals surface area contributed by atoms with Gasteiger partial charge in [0.25, 0.3) is 0 Å². The molecule has 0 heterocycles. The second kappa shape index (κ2) is 10.3. The highest BCUT2D eigenvalue weighted by Crippen LogP contribution is 2.11. The number of aliphatic hydroxyl groups is 5. The Morgan fingerprint density at radius 3 is 2.05 bits per heavy atom. The van der Waals surface area contributed by atoms with Gasteiger partial charge in [-0.05, 0) is 6.42 Å². The molecule has 0 amide bonds. The fourth-order valence-electron chi connectivity index (χ4n) is 1.76. The molecule has 0 aromatic heterocycles. The van der Waals surface area contributed by atoms with Crippen LogP contribution in [-0.4, -0.2) is 62.3 Å². The van der Waals surface area contributed by atoms with Crippen LogP contribution < -0.4 is 0 Å². The van der Waals surface area contributed by atoms with Crippen LogP contribution in [0, 0.1) is 0 Å². The van der Waals surface area contributed by atoms with Gasteiger partial charge in [-0.1, -0.05) is 32.6 Å². The van der Waals surface area contributed by atoms with Gasteiger partial charge in [-0.25, -0.2) is 0 Å². The summed E-state index contributed by atoms with van der Waals surface area (Å²) < 4.78 is 0. The topological polar surface area (TPSA) is 118 Å². The molecule has 4 atom stereocenters. The van der Waals surface area contributed by atoms with E-state index in [4.69, 9.17) is 10.2 Å². The molecular formula is C13H26O6. The Morgan fingerprint density at radius 1 is 0.947 bits per heavy atom. The monoisotopic (exact) mass is 278 g/mol. The lowest BCUT2D eigenvalue weighted by Crippen LogP contribution is -2.48.